The fourth-order valence-electron chi connectivity index (χ4n) is 5.02. The van der Waals surface area contributed by atoms with Gasteiger partial charge in [0.2, 0.25) is 5.91 Å². The average Bonchev–Trinajstić information content (AvgIpc) is 3.30. The van der Waals surface area contributed by atoms with Gasteiger partial charge in [0.15, 0.2) is 5.79 Å². The molecule has 2 fully saturated rings. The Hall–Kier alpha value is -3.51. The van der Waals surface area contributed by atoms with Crippen molar-refractivity contribution < 1.29 is 27.4 Å². The molecule has 1 atom stereocenters. The Bertz CT molecular complexity index is 1420. The smallest absolute Gasteiger partial charge is 0.329 e. The number of pyridine rings is 1. The van der Waals surface area contributed by atoms with Crippen molar-refractivity contribution in [2.75, 3.05) is 13.2 Å². The van der Waals surface area contributed by atoms with Crippen LogP contribution in [0.5, 0.6) is 0 Å². The molecule has 3 heterocycles. The van der Waals surface area contributed by atoms with Crippen molar-refractivity contribution >= 4 is 16.8 Å². The summed E-state index contributed by atoms with van der Waals surface area (Å²) >= 11 is 0. The number of fused-ring (bicyclic) bond motifs is 1. The van der Waals surface area contributed by atoms with Crippen molar-refractivity contribution in [1.82, 2.24) is 19.9 Å². The predicted molar refractivity (Wildman–Crippen MR) is 120 cm³/mol. The van der Waals surface area contributed by atoms with E-state index in [0.717, 1.165) is 22.9 Å². The number of aromatic nitrogens is 3. The highest BCUT2D eigenvalue weighted by Gasteiger charge is 2.44. The number of amides is 1. The third kappa shape index (κ3) is 4.53. The standard InChI is InChI=1S/C24H23F3N4O5/c25-14-1-2-18-16(9-14)22(33)31(23(34)30-18)20(13-3-5-24(6-4-13)35-7-8-36-24)21(32)29-12-19-17(27)10-15(26)11-28-19/h1-2,9-11,13,20H,3-8,12H2,(H,29,32)(H,30,34). The van der Waals surface area contributed by atoms with Gasteiger partial charge in [0.25, 0.3) is 5.56 Å². The normalized spacial score (nSPS) is 18.5. The first-order valence-electron chi connectivity index (χ1n) is 11.6. The SMILES string of the molecule is O=C(NCc1ncc(F)cc1F)C(C1CCC2(CC1)OCCO2)n1c(=O)[nH]c2ccc(F)cc2c1=O. The summed E-state index contributed by atoms with van der Waals surface area (Å²) in [6, 6.07) is 2.73. The summed E-state index contributed by atoms with van der Waals surface area (Å²) in [5.74, 6) is -4.43. The van der Waals surface area contributed by atoms with E-state index in [1.807, 2.05) is 0 Å². The minimum Gasteiger partial charge on any atom is -0.349 e. The van der Waals surface area contributed by atoms with E-state index in [9.17, 15) is 27.6 Å². The summed E-state index contributed by atoms with van der Waals surface area (Å²) in [5.41, 5.74) is -1.73. The molecule has 1 aliphatic heterocycles. The summed E-state index contributed by atoms with van der Waals surface area (Å²) in [5, 5.41) is 2.43. The maximum Gasteiger partial charge on any atom is 0.329 e. The number of carbonyl (C=O) groups excluding carboxylic acids is 1. The van der Waals surface area contributed by atoms with Crippen LogP contribution >= 0.6 is 0 Å². The Balaban J connectivity index is 1.50. The van der Waals surface area contributed by atoms with Crippen LogP contribution in [0.2, 0.25) is 0 Å². The van der Waals surface area contributed by atoms with Crippen LogP contribution in [0.25, 0.3) is 10.9 Å². The van der Waals surface area contributed by atoms with Gasteiger partial charge in [-0.25, -0.2) is 22.5 Å². The number of H-pyrrole nitrogens is 1. The summed E-state index contributed by atoms with van der Waals surface area (Å²) in [4.78, 5) is 46.0. The molecule has 2 aliphatic rings. The van der Waals surface area contributed by atoms with E-state index in [1.165, 1.54) is 6.07 Å². The molecule has 5 rings (SSSR count). The first-order chi connectivity index (χ1) is 17.3. The van der Waals surface area contributed by atoms with Crippen molar-refractivity contribution in [3.63, 3.8) is 0 Å². The third-order valence-corrected chi connectivity index (χ3v) is 6.80. The Morgan fingerprint density at radius 3 is 2.56 bits per heavy atom. The number of hydrogen-bond donors (Lipinski definition) is 2. The molecular formula is C24H23F3N4O5. The summed E-state index contributed by atoms with van der Waals surface area (Å²) < 4.78 is 53.4. The molecule has 1 amide bonds. The second-order valence-electron chi connectivity index (χ2n) is 8.98. The van der Waals surface area contributed by atoms with Crippen molar-refractivity contribution in [2.45, 2.75) is 44.1 Å². The van der Waals surface area contributed by atoms with Gasteiger partial charge in [-0.05, 0) is 37.0 Å². The van der Waals surface area contributed by atoms with Crippen LogP contribution in [0.1, 0.15) is 37.4 Å². The first kappa shape index (κ1) is 24.2. The zero-order valence-electron chi connectivity index (χ0n) is 19.1. The average molecular weight is 504 g/mol. The zero-order valence-corrected chi connectivity index (χ0v) is 19.1. The van der Waals surface area contributed by atoms with Gasteiger partial charge in [-0.3, -0.25) is 14.6 Å². The molecule has 1 saturated heterocycles. The Morgan fingerprint density at radius 1 is 1.14 bits per heavy atom. The van der Waals surface area contributed by atoms with Gasteiger partial charge in [-0.1, -0.05) is 0 Å². The maximum absolute atomic E-state index is 14.1. The monoisotopic (exact) mass is 504 g/mol. The lowest BCUT2D eigenvalue weighted by Crippen LogP contribution is -2.49. The molecule has 1 aromatic carbocycles. The fourth-order valence-corrected chi connectivity index (χ4v) is 5.02. The van der Waals surface area contributed by atoms with Crippen LogP contribution < -0.4 is 16.6 Å². The Labute approximate surface area is 202 Å². The lowest BCUT2D eigenvalue weighted by molar-refractivity contribution is -0.185. The van der Waals surface area contributed by atoms with Crippen molar-refractivity contribution in [2.24, 2.45) is 5.92 Å². The number of hydrogen-bond acceptors (Lipinski definition) is 6. The van der Waals surface area contributed by atoms with Crippen LogP contribution in [-0.4, -0.2) is 39.4 Å². The van der Waals surface area contributed by atoms with Gasteiger partial charge < -0.3 is 19.8 Å². The Kier molecular flexibility index (Phi) is 6.39. The molecular weight excluding hydrogens is 481 g/mol. The Morgan fingerprint density at radius 2 is 1.86 bits per heavy atom. The minimum absolute atomic E-state index is 0.0895. The number of rotatable bonds is 5. The quantitative estimate of drug-likeness (QED) is 0.551. The van der Waals surface area contributed by atoms with Crippen molar-refractivity contribution in [1.29, 1.82) is 0 Å². The van der Waals surface area contributed by atoms with Gasteiger partial charge in [0, 0.05) is 18.9 Å². The first-order valence-corrected chi connectivity index (χ1v) is 11.6. The highest BCUT2D eigenvalue weighted by atomic mass is 19.1. The molecule has 190 valence electrons. The molecule has 0 bridgehead atoms. The van der Waals surface area contributed by atoms with E-state index in [0.29, 0.717) is 45.0 Å². The van der Waals surface area contributed by atoms with Gasteiger partial charge in [0.05, 0.1) is 42.6 Å². The topological polar surface area (TPSA) is 115 Å². The number of carbonyl (C=O) groups is 1. The predicted octanol–water partition coefficient (Wildman–Crippen LogP) is 2.29. The number of nitrogens with zero attached hydrogens (tertiary/aromatic N) is 2. The van der Waals surface area contributed by atoms with E-state index >= 15 is 0 Å². The molecule has 12 heteroatoms. The van der Waals surface area contributed by atoms with E-state index < -0.39 is 52.4 Å². The number of aromatic amines is 1. The van der Waals surface area contributed by atoms with Gasteiger partial charge in [-0.15, -0.1) is 0 Å². The van der Waals surface area contributed by atoms with Crippen molar-refractivity contribution in [3.8, 4) is 0 Å². The fraction of sp³-hybridized carbons (Fsp3) is 0.417. The number of halogens is 3. The van der Waals surface area contributed by atoms with Crippen LogP contribution in [0.3, 0.4) is 0 Å². The van der Waals surface area contributed by atoms with E-state index in [1.54, 1.807) is 0 Å². The van der Waals surface area contributed by atoms with Crippen LogP contribution in [-0.2, 0) is 20.8 Å². The molecule has 1 saturated carbocycles. The second kappa shape index (κ2) is 9.51. The van der Waals surface area contributed by atoms with E-state index in [-0.39, 0.29) is 23.1 Å². The van der Waals surface area contributed by atoms with Crippen LogP contribution in [0.15, 0.2) is 40.1 Å². The van der Waals surface area contributed by atoms with Crippen LogP contribution in [0.4, 0.5) is 13.2 Å². The molecule has 0 radical (unpaired) electrons. The lowest BCUT2D eigenvalue weighted by Gasteiger charge is -2.38. The molecule has 1 spiro atoms. The van der Waals surface area contributed by atoms with Gasteiger partial charge in [-0.2, -0.15) is 0 Å². The molecule has 9 nitrogen and oxygen atoms in total. The zero-order chi connectivity index (χ0) is 25.4. The van der Waals surface area contributed by atoms with Gasteiger partial charge in [0.1, 0.15) is 23.5 Å². The largest absolute Gasteiger partial charge is 0.349 e. The molecule has 36 heavy (non-hydrogen) atoms. The molecule has 2 aromatic heterocycles. The van der Waals surface area contributed by atoms with Gasteiger partial charge >= 0.3 is 5.69 Å². The van der Waals surface area contributed by atoms with Crippen molar-refractivity contribution in [3.05, 3.63) is 74.4 Å². The molecule has 2 N–H and O–H groups in total. The third-order valence-electron chi connectivity index (χ3n) is 6.80. The summed E-state index contributed by atoms with van der Waals surface area (Å²) in [7, 11) is 0. The second-order valence-corrected chi connectivity index (χ2v) is 8.98. The van der Waals surface area contributed by atoms with E-state index in [4.69, 9.17) is 9.47 Å². The molecule has 3 aromatic rings. The highest BCUT2D eigenvalue weighted by molar-refractivity contribution is 5.82. The maximum atomic E-state index is 14.1. The molecule has 1 unspecified atom stereocenters. The molecule has 1 aliphatic carbocycles. The van der Waals surface area contributed by atoms with Crippen LogP contribution in [0, 0.1) is 23.4 Å². The van der Waals surface area contributed by atoms with E-state index in [2.05, 4.69) is 15.3 Å². The minimum atomic E-state index is -1.28. The number of benzene rings is 1. The summed E-state index contributed by atoms with van der Waals surface area (Å²) in [6.07, 6.45) is 2.51. The highest BCUT2D eigenvalue weighted by Crippen LogP contribution is 2.41. The number of nitrogens with one attached hydrogen (secondary N) is 2. The summed E-state index contributed by atoms with van der Waals surface area (Å²) in [6.45, 7) is 0.527. The number of ether oxygens (including phenoxy) is 2. The lowest BCUT2D eigenvalue weighted by atomic mass is 9.80.